The van der Waals surface area contributed by atoms with Gasteiger partial charge in [-0.3, -0.25) is 4.79 Å². The number of hydrogen-bond donors (Lipinski definition) is 3. The molecule has 0 saturated heterocycles. The number of aliphatic imine (C=N–C) groups is 1. The summed E-state index contributed by atoms with van der Waals surface area (Å²) in [6.07, 6.45) is 9.56. The number of amidine groups is 1. The van der Waals surface area contributed by atoms with Crippen LogP contribution >= 0.6 is 15.9 Å². The summed E-state index contributed by atoms with van der Waals surface area (Å²) in [4.78, 5) is 18.3. The van der Waals surface area contributed by atoms with Crippen LogP contribution in [0.25, 0.3) is 5.57 Å². The Hall–Kier alpha value is -2.84. The van der Waals surface area contributed by atoms with Gasteiger partial charge in [0, 0.05) is 33.8 Å². The Labute approximate surface area is 252 Å². The zero-order chi connectivity index (χ0) is 29.8. The number of fused-ring (bicyclic) bond motifs is 2. The zero-order valence-electron chi connectivity index (χ0n) is 24.8. The Morgan fingerprint density at radius 2 is 1.98 bits per heavy atom. The van der Waals surface area contributed by atoms with Crippen molar-refractivity contribution in [2.75, 3.05) is 13.7 Å². The SMILES string of the molecule is CCCC(NC)/C1=C(\C=N)c2cc(ccc2F)C(=O)NC(=Nc2ccc(Br)cc2C)CCCCC[C@H](C)CCCO1. The molecule has 222 valence electrons. The summed E-state index contributed by atoms with van der Waals surface area (Å²) < 4.78 is 22.6. The van der Waals surface area contributed by atoms with E-state index in [-0.39, 0.29) is 17.5 Å². The highest BCUT2D eigenvalue weighted by atomic mass is 79.9. The molecule has 1 aliphatic rings. The van der Waals surface area contributed by atoms with E-state index in [4.69, 9.17) is 15.1 Å². The summed E-state index contributed by atoms with van der Waals surface area (Å²) in [5.74, 6) is 0.832. The molecule has 0 fully saturated rings. The first kappa shape index (κ1) is 32.7. The Kier molecular flexibility index (Phi) is 13.2. The van der Waals surface area contributed by atoms with Gasteiger partial charge in [0.2, 0.25) is 0 Å². The molecule has 0 saturated carbocycles. The van der Waals surface area contributed by atoms with Gasteiger partial charge in [-0.05, 0) is 87.5 Å². The standard InChI is InChI=1S/C33H44BrFN4O2/c1-5-10-30(37-4)32-27(21-36)26-20-24(14-16-28(26)35)33(40)39-31(38-29-17-15-25(34)19-23(29)3)13-8-6-7-11-22(2)12-9-18-41-32/h14-17,19-22,30,36-37H,5-13,18H2,1-4H3,(H,38,39,40)/b32-27-,36-21?/t22-,30?/m0/s1. The van der Waals surface area contributed by atoms with Gasteiger partial charge in [-0.15, -0.1) is 0 Å². The molecule has 41 heavy (non-hydrogen) atoms. The minimum absolute atomic E-state index is 0.176. The number of aryl methyl sites for hydroxylation is 1. The van der Waals surface area contributed by atoms with E-state index in [2.05, 4.69) is 40.4 Å². The van der Waals surface area contributed by atoms with Crippen LogP contribution in [0.15, 0.2) is 51.6 Å². The van der Waals surface area contributed by atoms with Crippen molar-refractivity contribution in [2.45, 2.75) is 84.6 Å². The molecule has 2 atom stereocenters. The molecule has 0 radical (unpaired) electrons. The minimum Gasteiger partial charge on any atom is -0.496 e. The van der Waals surface area contributed by atoms with Gasteiger partial charge in [0.05, 0.1) is 18.3 Å². The lowest BCUT2D eigenvalue weighted by atomic mass is 9.96. The van der Waals surface area contributed by atoms with Crippen molar-refractivity contribution >= 4 is 45.1 Å². The lowest BCUT2D eigenvalue weighted by Crippen LogP contribution is -2.31. The normalized spacial score (nSPS) is 21.4. The first-order valence-electron chi connectivity index (χ1n) is 14.8. The molecule has 0 spiro atoms. The van der Waals surface area contributed by atoms with Gasteiger partial charge in [-0.2, -0.15) is 0 Å². The number of amides is 1. The fourth-order valence-electron chi connectivity index (χ4n) is 5.18. The molecule has 0 aliphatic carbocycles. The van der Waals surface area contributed by atoms with Crippen molar-refractivity contribution in [3.05, 3.63) is 69.1 Å². The van der Waals surface area contributed by atoms with Crippen molar-refractivity contribution < 1.29 is 13.9 Å². The van der Waals surface area contributed by atoms with Crippen molar-refractivity contribution in [3.63, 3.8) is 0 Å². The van der Waals surface area contributed by atoms with Crippen LogP contribution in [0.3, 0.4) is 0 Å². The molecule has 2 aromatic rings. The Morgan fingerprint density at radius 1 is 1.20 bits per heavy atom. The highest BCUT2D eigenvalue weighted by molar-refractivity contribution is 9.10. The molecule has 1 unspecified atom stereocenters. The van der Waals surface area contributed by atoms with Crippen LogP contribution in [-0.2, 0) is 4.74 Å². The maximum absolute atomic E-state index is 15.3. The van der Waals surface area contributed by atoms with Crippen LogP contribution in [-0.4, -0.2) is 37.7 Å². The van der Waals surface area contributed by atoms with Crippen LogP contribution < -0.4 is 10.6 Å². The molecule has 1 heterocycles. The van der Waals surface area contributed by atoms with Crippen LogP contribution in [0.1, 0.15) is 93.1 Å². The topological polar surface area (TPSA) is 86.6 Å². The Morgan fingerprint density at radius 3 is 2.68 bits per heavy atom. The molecule has 6 nitrogen and oxygen atoms in total. The molecule has 3 rings (SSSR count). The lowest BCUT2D eigenvalue weighted by Gasteiger charge is -2.24. The van der Waals surface area contributed by atoms with Gasteiger partial charge in [-0.1, -0.05) is 55.5 Å². The van der Waals surface area contributed by atoms with Gasteiger partial charge in [0.15, 0.2) is 0 Å². The monoisotopic (exact) mass is 626 g/mol. The molecule has 1 amide bonds. The van der Waals surface area contributed by atoms with Crippen LogP contribution in [0.2, 0.25) is 0 Å². The molecule has 0 aromatic heterocycles. The smallest absolute Gasteiger partial charge is 0.256 e. The number of allylic oxidation sites excluding steroid dienone is 1. The number of ether oxygens (including phenoxy) is 1. The molecular weight excluding hydrogens is 583 g/mol. The second-order valence-corrected chi connectivity index (χ2v) is 11.8. The van der Waals surface area contributed by atoms with Crippen molar-refractivity contribution in [1.29, 1.82) is 5.41 Å². The Balaban J connectivity index is 2.07. The minimum atomic E-state index is -0.505. The van der Waals surface area contributed by atoms with Gasteiger partial charge >= 0.3 is 0 Å². The predicted molar refractivity (Wildman–Crippen MR) is 171 cm³/mol. The number of nitrogens with zero attached hydrogens (tertiary/aromatic N) is 1. The summed E-state index contributed by atoms with van der Waals surface area (Å²) in [7, 11) is 1.85. The average molecular weight is 628 g/mol. The third-order valence-corrected chi connectivity index (χ3v) is 8.05. The number of carbonyl (C=O) groups is 1. The maximum atomic E-state index is 15.3. The summed E-state index contributed by atoms with van der Waals surface area (Å²) in [6, 6.07) is 9.96. The van der Waals surface area contributed by atoms with Crippen LogP contribution in [0, 0.1) is 24.1 Å². The third-order valence-electron chi connectivity index (χ3n) is 7.55. The van der Waals surface area contributed by atoms with Crippen molar-refractivity contribution in [1.82, 2.24) is 10.6 Å². The highest BCUT2D eigenvalue weighted by Gasteiger charge is 2.22. The molecule has 3 N–H and O–H groups in total. The first-order valence-corrected chi connectivity index (χ1v) is 15.6. The molecule has 2 bridgehead atoms. The van der Waals surface area contributed by atoms with E-state index in [1.165, 1.54) is 18.2 Å². The van der Waals surface area contributed by atoms with Crippen molar-refractivity contribution in [2.24, 2.45) is 10.9 Å². The van der Waals surface area contributed by atoms with Crippen molar-refractivity contribution in [3.8, 4) is 0 Å². The van der Waals surface area contributed by atoms with E-state index in [0.717, 1.165) is 73.3 Å². The number of hydrogen-bond acceptors (Lipinski definition) is 5. The predicted octanol–water partition coefficient (Wildman–Crippen LogP) is 8.50. The number of benzene rings is 2. The second-order valence-electron chi connectivity index (χ2n) is 10.9. The first-order chi connectivity index (χ1) is 19.8. The van der Waals surface area contributed by atoms with Gasteiger partial charge in [0.25, 0.3) is 5.91 Å². The number of halogens is 2. The number of carbonyl (C=O) groups excluding carboxylic acids is 1. The summed E-state index contributed by atoms with van der Waals surface area (Å²) in [6.45, 7) is 6.84. The number of nitrogens with one attached hydrogen (secondary N) is 3. The largest absolute Gasteiger partial charge is 0.496 e. The van der Waals surface area contributed by atoms with E-state index >= 15 is 4.39 Å². The molecule has 1 aliphatic heterocycles. The third kappa shape index (κ3) is 9.60. The maximum Gasteiger partial charge on any atom is 0.256 e. The fraction of sp³-hybridized carbons (Fsp3) is 0.485. The average Bonchev–Trinajstić information content (AvgIpc) is 2.95. The van der Waals surface area contributed by atoms with E-state index in [9.17, 15) is 4.79 Å². The molecule has 2 aromatic carbocycles. The molecule has 8 heteroatoms. The van der Waals surface area contributed by atoms with E-state index in [1.54, 1.807) is 0 Å². The van der Waals surface area contributed by atoms with E-state index in [0.29, 0.717) is 41.7 Å². The van der Waals surface area contributed by atoms with Gasteiger partial charge in [-0.25, -0.2) is 9.38 Å². The van der Waals surface area contributed by atoms with E-state index < -0.39 is 5.82 Å². The summed E-state index contributed by atoms with van der Waals surface area (Å²) in [5, 5.41) is 14.5. The lowest BCUT2D eigenvalue weighted by molar-refractivity contribution is 0.0976. The second kappa shape index (κ2) is 16.6. The van der Waals surface area contributed by atoms with Gasteiger partial charge in [0.1, 0.15) is 17.4 Å². The van der Waals surface area contributed by atoms with E-state index in [1.807, 2.05) is 32.2 Å². The Bertz CT molecular complexity index is 1260. The number of likely N-dealkylation sites (N-methyl/N-ethyl adjacent to an activating group) is 1. The molecular formula is C33H44BrFN4O2. The van der Waals surface area contributed by atoms with Gasteiger partial charge < -0.3 is 20.8 Å². The highest BCUT2D eigenvalue weighted by Crippen LogP contribution is 2.28. The fourth-order valence-corrected chi connectivity index (χ4v) is 5.65. The zero-order valence-corrected chi connectivity index (χ0v) is 26.4. The van der Waals surface area contributed by atoms with Crippen LogP contribution in [0.5, 0.6) is 0 Å². The summed E-state index contributed by atoms with van der Waals surface area (Å²) >= 11 is 3.50. The summed E-state index contributed by atoms with van der Waals surface area (Å²) in [5.41, 5.74) is 2.61. The van der Waals surface area contributed by atoms with Crippen LogP contribution in [0.4, 0.5) is 10.1 Å². The quantitative estimate of drug-likeness (QED) is 0.281. The number of rotatable bonds is 6.